The first-order valence-corrected chi connectivity index (χ1v) is 11.1. The molecule has 1 heterocycles. The molecule has 2 aliphatic rings. The maximum Gasteiger partial charge on any atom is 0.166 e. The highest BCUT2D eigenvalue weighted by molar-refractivity contribution is 5.78. The first kappa shape index (κ1) is 23.5. The summed E-state index contributed by atoms with van der Waals surface area (Å²) in [6.45, 7) is 5.68. The fourth-order valence-corrected chi connectivity index (χ4v) is 4.25. The lowest BCUT2D eigenvalue weighted by molar-refractivity contribution is -0.189. The second kappa shape index (κ2) is 10.1. The van der Waals surface area contributed by atoms with Crippen LogP contribution in [0.3, 0.4) is 0 Å². The molecule has 2 nitrogen and oxygen atoms in total. The monoisotopic (exact) mass is 458 g/mol. The molecule has 4 rings (SSSR count). The van der Waals surface area contributed by atoms with Crippen LogP contribution in [-0.2, 0) is 9.47 Å². The molecule has 33 heavy (non-hydrogen) atoms. The van der Waals surface area contributed by atoms with Crippen molar-refractivity contribution in [2.24, 2.45) is 0 Å². The summed E-state index contributed by atoms with van der Waals surface area (Å²) in [5.41, 5.74) is 2.05. The van der Waals surface area contributed by atoms with E-state index < -0.39 is 23.3 Å². The summed E-state index contributed by atoms with van der Waals surface area (Å²) in [5, 5.41) is 0. The lowest BCUT2D eigenvalue weighted by atomic mass is 9.88. The molecule has 1 aliphatic carbocycles. The van der Waals surface area contributed by atoms with Crippen molar-refractivity contribution in [3.8, 4) is 0 Å². The Morgan fingerprint density at radius 2 is 1.42 bits per heavy atom. The largest absolute Gasteiger partial charge is 0.352 e. The van der Waals surface area contributed by atoms with E-state index in [1.165, 1.54) is 13.0 Å². The summed E-state index contributed by atoms with van der Waals surface area (Å²) in [7, 11) is 0. The lowest BCUT2D eigenvalue weighted by Gasteiger charge is -2.30. The normalized spacial score (nSPS) is 20.9. The Morgan fingerprint density at radius 3 is 2.00 bits per heavy atom. The molecule has 0 atom stereocenters. The van der Waals surface area contributed by atoms with Gasteiger partial charge >= 0.3 is 0 Å². The summed E-state index contributed by atoms with van der Waals surface area (Å²) in [6.07, 6.45) is 6.92. The molecule has 0 radical (unpaired) electrons. The lowest BCUT2D eigenvalue weighted by Crippen LogP contribution is -2.31. The highest BCUT2D eigenvalue weighted by Crippen LogP contribution is 2.36. The Balaban J connectivity index is 1.52. The minimum absolute atomic E-state index is 0.170. The van der Waals surface area contributed by atoms with Gasteiger partial charge in [0.1, 0.15) is 0 Å². The first-order chi connectivity index (χ1) is 15.9. The predicted molar refractivity (Wildman–Crippen MR) is 121 cm³/mol. The molecule has 1 saturated heterocycles. The van der Waals surface area contributed by atoms with Crippen molar-refractivity contribution < 1.29 is 27.0 Å². The topological polar surface area (TPSA) is 18.5 Å². The highest BCUT2D eigenvalue weighted by Gasteiger charge is 2.28. The zero-order valence-corrected chi connectivity index (χ0v) is 18.5. The van der Waals surface area contributed by atoms with E-state index in [0.29, 0.717) is 30.4 Å². The third-order valence-electron chi connectivity index (χ3n) is 6.24. The molecule has 6 heteroatoms. The van der Waals surface area contributed by atoms with Crippen LogP contribution in [0.15, 0.2) is 49.1 Å². The molecule has 1 aliphatic heterocycles. The van der Waals surface area contributed by atoms with Gasteiger partial charge in [0.15, 0.2) is 29.6 Å². The second-order valence-electron chi connectivity index (χ2n) is 8.43. The minimum Gasteiger partial charge on any atom is -0.352 e. The average Bonchev–Trinajstić information content (AvgIpc) is 2.84. The number of aryl methyl sites for hydroxylation is 1. The van der Waals surface area contributed by atoms with Crippen LogP contribution in [0.1, 0.15) is 53.9 Å². The van der Waals surface area contributed by atoms with Gasteiger partial charge in [-0.3, -0.25) is 0 Å². The van der Waals surface area contributed by atoms with Gasteiger partial charge in [-0.05, 0) is 48.5 Å². The van der Waals surface area contributed by atoms with Gasteiger partial charge in [-0.1, -0.05) is 42.5 Å². The maximum absolute atomic E-state index is 15.0. The van der Waals surface area contributed by atoms with Gasteiger partial charge in [-0.25, -0.2) is 17.6 Å². The van der Waals surface area contributed by atoms with Crippen LogP contribution in [0, 0.1) is 30.2 Å². The van der Waals surface area contributed by atoms with E-state index in [-0.39, 0.29) is 47.7 Å². The van der Waals surface area contributed by atoms with E-state index in [4.69, 9.17) is 9.47 Å². The molecule has 1 fully saturated rings. The molecule has 0 saturated carbocycles. The summed E-state index contributed by atoms with van der Waals surface area (Å²) in [4.78, 5) is 0. The number of hydrogen-bond donors (Lipinski definition) is 0. The molecular weight excluding hydrogens is 432 g/mol. The van der Waals surface area contributed by atoms with Crippen LogP contribution in [0.4, 0.5) is 17.6 Å². The molecule has 2 aromatic carbocycles. The minimum atomic E-state index is -0.919. The zero-order valence-electron chi connectivity index (χ0n) is 18.5. The van der Waals surface area contributed by atoms with Crippen LogP contribution in [0.5, 0.6) is 0 Å². The van der Waals surface area contributed by atoms with Gasteiger partial charge < -0.3 is 9.47 Å². The molecule has 0 amide bonds. The molecule has 0 aromatic heterocycles. The molecule has 0 spiro atoms. The molecule has 2 aromatic rings. The van der Waals surface area contributed by atoms with E-state index in [9.17, 15) is 17.6 Å². The fourth-order valence-electron chi connectivity index (χ4n) is 4.25. The maximum atomic E-state index is 15.0. The van der Waals surface area contributed by atoms with Crippen molar-refractivity contribution in [1.29, 1.82) is 0 Å². The predicted octanol–water partition coefficient (Wildman–Crippen LogP) is 7.23. The molecule has 174 valence electrons. The Morgan fingerprint density at radius 1 is 0.848 bits per heavy atom. The van der Waals surface area contributed by atoms with E-state index in [1.54, 1.807) is 36.4 Å². The SMILES string of the molecule is C=CCCC1OCC(c2ccc(C3=CC=C(c4ccc(C)c(F)c4F)CC3)c(F)c2F)CO1. The van der Waals surface area contributed by atoms with E-state index in [0.717, 1.165) is 6.42 Å². The van der Waals surface area contributed by atoms with Crippen LogP contribution in [-0.4, -0.2) is 19.5 Å². The van der Waals surface area contributed by atoms with Crippen molar-refractivity contribution in [3.05, 3.63) is 94.6 Å². The Kier molecular flexibility index (Phi) is 7.15. The van der Waals surface area contributed by atoms with Gasteiger partial charge in [-0.15, -0.1) is 6.58 Å². The van der Waals surface area contributed by atoms with Crippen LogP contribution >= 0.6 is 0 Å². The number of benzene rings is 2. The van der Waals surface area contributed by atoms with Crippen molar-refractivity contribution >= 4 is 11.1 Å². The number of halogens is 4. The first-order valence-electron chi connectivity index (χ1n) is 11.1. The Labute approximate surface area is 191 Å². The van der Waals surface area contributed by atoms with E-state index in [1.807, 2.05) is 0 Å². The fraction of sp³-hybridized carbons (Fsp3) is 0.333. The number of allylic oxidation sites excluding steroid dienone is 5. The third kappa shape index (κ3) is 4.82. The van der Waals surface area contributed by atoms with Crippen molar-refractivity contribution in [2.45, 2.75) is 44.8 Å². The Bertz CT molecular complexity index is 1110. The van der Waals surface area contributed by atoms with Crippen LogP contribution in [0.25, 0.3) is 11.1 Å². The van der Waals surface area contributed by atoms with Crippen molar-refractivity contribution in [1.82, 2.24) is 0 Å². The summed E-state index contributed by atoms with van der Waals surface area (Å²) in [6, 6.07) is 6.21. The molecule has 0 unspecified atom stereocenters. The van der Waals surface area contributed by atoms with E-state index >= 15 is 0 Å². The van der Waals surface area contributed by atoms with Crippen LogP contribution in [0.2, 0.25) is 0 Å². The zero-order chi connectivity index (χ0) is 23.5. The van der Waals surface area contributed by atoms with E-state index in [2.05, 4.69) is 6.58 Å². The molecule has 0 N–H and O–H groups in total. The van der Waals surface area contributed by atoms with Gasteiger partial charge in [0.2, 0.25) is 0 Å². The smallest absolute Gasteiger partial charge is 0.166 e. The van der Waals surface area contributed by atoms with Crippen molar-refractivity contribution in [3.63, 3.8) is 0 Å². The molecular formula is C27H26F4O2. The molecule has 0 bridgehead atoms. The quantitative estimate of drug-likeness (QED) is 0.336. The van der Waals surface area contributed by atoms with Crippen molar-refractivity contribution in [2.75, 3.05) is 13.2 Å². The number of ether oxygens (including phenoxy) is 2. The number of hydrogen-bond acceptors (Lipinski definition) is 2. The summed E-state index contributed by atoms with van der Waals surface area (Å²) in [5.74, 6) is -3.97. The average molecular weight is 458 g/mol. The van der Waals surface area contributed by atoms with Gasteiger partial charge in [-0.2, -0.15) is 0 Å². The van der Waals surface area contributed by atoms with Gasteiger partial charge in [0.25, 0.3) is 0 Å². The van der Waals surface area contributed by atoms with Gasteiger partial charge in [0, 0.05) is 23.5 Å². The van der Waals surface area contributed by atoms with Crippen LogP contribution < -0.4 is 0 Å². The summed E-state index contributed by atoms with van der Waals surface area (Å²) < 4.78 is 69.4. The highest BCUT2D eigenvalue weighted by atomic mass is 19.2. The summed E-state index contributed by atoms with van der Waals surface area (Å²) >= 11 is 0. The second-order valence-corrected chi connectivity index (χ2v) is 8.43. The number of rotatable bonds is 6. The third-order valence-corrected chi connectivity index (χ3v) is 6.24. The Hall–Kier alpha value is -2.70. The standard InChI is InChI=1S/C27H26F4O2/c1-3-4-5-23-32-14-19(15-33-23)22-13-12-21(26(30)27(22)31)18-9-7-17(8-10-18)20-11-6-16(2)24(28)25(20)29/h3,6-7,9,11-13,19,23H,1,4-5,8,10,14-15H2,2H3. The van der Waals surface area contributed by atoms with Gasteiger partial charge in [0.05, 0.1) is 13.2 Å².